The summed E-state index contributed by atoms with van der Waals surface area (Å²) >= 11 is 0. The Morgan fingerprint density at radius 1 is 1.43 bits per heavy atom. The van der Waals surface area contributed by atoms with Crippen LogP contribution in [-0.2, 0) is 4.79 Å². The molecule has 2 aromatic heterocycles. The van der Waals surface area contributed by atoms with E-state index in [9.17, 15) is 4.79 Å². The Morgan fingerprint density at radius 3 is 2.87 bits per heavy atom. The lowest BCUT2D eigenvalue weighted by molar-refractivity contribution is -0.119. The van der Waals surface area contributed by atoms with Crippen LogP contribution >= 0.6 is 0 Å². The Labute approximate surface area is 134 Å². The van der Waals surface area contributed by atoms with Crippen LogP contribution in [0.5, 0.6) is 0 Å². The summed E-state index contributed by atoms with van der Waals surface area (Å²) in [5, 5.41) is 4.01. The van der Waals surface area contributed by atoms with E-state index in [1.54, 1.807) is 6.20 Å². The van der Waals surface area contributed by atoms with E-state index in [0.717, 1.165) is 12.2 Å². The molecule has 122 valence electrons. The van der Waals surface area contributed by atoms with Gasteiger partial charge in [-0.3, -0.25) is 4.79 Å². The zero-order valence-corrected chi connectivity index (χ0v) is 13.3. The van der Waals surface area contributed by atoms with Gasteiger partial charge in [-0.05, 0) is 25.0 Å². The third-order valence-electron chi connectivity index (χ3n) is 4.20. The van der Waals surface area contributed by atoms with Crippen molar-refractivity contribution < 1.29 is 9.32 Å². The Kier molecular flexibility index (Phi) is 4.27. The second kappa shape index (κ2) is 6.36. The molecule has 7 nitrogen and oxygen atoms in total. The second-order valence-corrected chi connectivity index (χ2v) is 6.17. The molecule has 23 heavy (non-hydrogen) atoms. The molecule has 1 aliphatic heterocycles. The zero-order chi connectivity index (χ0) is 16.4. The van der Waals surface area contributed by atoms with Gasteiger partial charge in [0.1, 0.15) is 11.9 Å². The number of nitrogens with zero attached hydrogens (tertiary/aromatic N) is 4. The Morgan fingerprint density at radius 2 is 2.26 bits per heavy atom. The van der Waals surface area contributed by atoms with Gasteiger partial charge in [0.2, 0.25) is 11.8 Å². The lowest BCUT2D eigenvalue weighted by Gasteiger charge is -2.37. The lowest BCUT2D eigenvalue weighted by Crippen LogP contribution is -2.50. The number of amides is 1. The first kappa shape index (κ1) is 15.5. The van der Waals surface area contributed by atoms with Crippen molar-refractivity contribution in [1.82, 2.24) is 15.1 Å². The maximum absolute atomic E-state index is 11.9. The molecule has 1 aliphatic rings. The Balaban J connectivity index is 1.80. The molecule has 2 unspecified atom stereocenters. The van der Waals surface area contributed by atoms with Crippen molar-refractivity contribution in [3.63, 3.8) is 0 Å². The van der Waals surface area contributed by atoms with Crippen molar-refractivity contribution in [2.24, 2.45) is 5.73 Å². The van der Waals surface area contributed by atoms with Crippen molar-refractivity contribution in [1.29, 1.82) is 0 Å². The fourth-order valence-corrected chi connectivity index (χ4v) is 2.90. The highest BCUT2D eigenvalue weighted by Gasteiger charge is 2.36. The van der Waals surface area contributed by atoms with Gasteiger partial charge in [-0.1, -0.05) is 25.1 Å². The van der Waals surface area contributed by atoms with E-state index in [4.69, 9.17) is 10.3 Å². The fraction of sp³-hybridized carbons (Fsp3) is 0.500. The molecule has 0 radical (unpaired) electrons. The van der Waals surface area contributed by atoms with Crippen molar-refractivity contribution in [3.05, 3.63) is 36.1 Å². The minimum Gasteiger partial charge on any atom is -0.368 e. The molecule has 0 aromatic carbocycles. The first-order valence-electron chi connectivity index (χ1n) is 7.86. The van der Waals surface area contributed by atoms with Gasteiger partial charge in [0, 0.05) is 24.6 Å². The molecule has 0 aliphatic carbocycles. The molecule has 1 amide bonds. The molecule has 1 saturated heterocycles. The third-order valence-corrected chi connectivity index (χ3v) is 4.20. The maximum atomic E-state index is 11.9. The number of primary amides is 1. The number of carbonyl (C=O) groups excluding carboxylic acids is 1. The summed E-state index contributed by atoms with van der Waals surface area (Å²) in [6, 6.07) is 5.22. The van der Waals surface area contributed by atoms with Gasteiger partial charge >= 0.3 is 0 Å². The molecule has 2 aromatic rings. The standard InChI is InChI=1S/C16H21N5O2/c1-10(2)15-19-16(23-20-15)11-6-8-21(12(9-11)14(17)22)13-5-3-4-7-18-13/h3-5,7,10-12H,6,8-9H2,1-2H3,(H2,17,22). The number of carbonyl (C=O) groups is 1. The highest BCUT2D eigenvalue weighted by atomic mass is 16.5. The fourth-order valence-electron chi connectivity index (χ4n) is 2.90. The van der Waals surface area contributed by atoms with Crippen molar-refractivity contribution >= 4 is 11.7 Å². The summed E-state index contributed by atoms with van der Waals surface area (Å²) in [6.07, 6.45) is 3.10. The van der Waals surface area contributed by atoms with Crippen molar-refractivity contribution in [2.75, 3.05) is 11.4 Å². The number of aromatic nitrogens is 3. The van der Waals surface area contributed by atoms with Gasteiger partial charge < -0.3 is 15.2 Å². The highest BCUT2D eigenvalue weighted by Crippen LogP contribution is 2.33. The predicted molar refractivity (Wildman–Crippen MR) is 84.9 cm³/mol. The lowest BCUT2D eigenvalue weighted by atomic mass is 9.90. The first-order valence-corrected chi connectivity index (χ1v) is 7.86. The quantitative estimate of drug-likeness (QED) is 0.924. The molecule has 0 saturated carbocycles. The Hall–Kier alpha value is -2.44. The van der Waals surface area contributed by atoms with E-state index in [1.807, 2.05) is 36.9 Å². The van der Waals surface area contributed by atoms with E-state index < -0.39 is 6.04 Å². The number of hydrogen-bond donors (Lipinski definition) is 1. The second-order valence-electron chi connectivity index (χ2n) is 6.17. The Bertz CT molecular complexity index is 670. The third kappa shape index (κ3) is 3.18. The number of nitrogens with two attached hydrogens (primary N) is 1. The normalized spacial score (nSPS) is 21.6. The van der Waals surface area contributed by atoms with Crippen molar-refractivity contribution in [3.8, 4) is 0 Å². The van der Waals surface area contributed by atoms with Crippen LogP contribution in [0.3, 0.4) is 0 Å². The predicted octanol–water partition coefficient (Wildman–Crippen LogP) is 1.83. The largest absolute Gasteiger partial charge is 0.368 e. The molecule has 0 spiro atoms. The van der Waals surface area contributed by atoms with Crippen molar-refractivity contribution in [2.45, 2.75) is 44.6 Å². The molecule has 3 heterocycles. The van der Waals surface area contributed by atoms with Crippen LogP contribution in [0, 0.1) is 0 Å². The summed E-state index contributed by atoms with van der Waals surface area (Å²) < 4.78 is 5.39. The molecular formula is C16H21N5O2. The van der Waals surface area contributed by atoms with E-state index in [0.29, 0.717) is 24.7 Å². The number of piperidine rings is 1. The van der Waals surface area contributed by atoms with Crippen LogP contribution in [0.25, 0.3) is 0 Å². The molecular weight excluding hydrogens is 294 g/mol. The first-order chi connectivity index (χ1) is 11.1. The number of pyridine rings is 1. The summed E-state index contributed by atoms with van der Waals surface area (Å²) in [4.78, 5) is 22.7. The van der Waals surface area contributed by atoms with E-state index >= 15 is 0 Å². The van der Waals surface area contributed by atoms with Crippen LogP contribution in [0.1, 0.15) is 50.2 Å². The van der Waals surface area contributed by atoms with Crippen LogP contribution in [-0.4, -0.2) is 33.6 Å². The van der Waals surface area contributed by atoms with E-state index in [1.165, 1.54) is 0 Å². The zero-order valence-electron chi connectivity index (χ0n) is 13.3. The summed E-state index contributed by atoms with van der Waals surface area (Å²) in [5.41, 5.74) is 5.61. The summed E-state index contributed by atoms with van der Waals surface area (Å²) in [5.74, 6) is 1.97. The smallest absolute Gasteiger partial charge is 0.240 e. The van der Waals surface area contributed by atoms with E-state index in [-0.39, 0.29) is 17.7 Å². The van der Waals surface area contributed by atoms with Crippen LogP contribution < -0.4 is 10.6 Å². The molecule has 1 fully saturated rings. The van der Waals surface area contributed by atoms with Gasteiger partial charge in [0.05, 0.1) is 0 Å². The van der Waals surface area contributed by atoms with Gasteiger partial charge in [-0.25, -0.2) is 4.98 Å². The monoisotopic (exact) mass is 315 g/mol. The molecule has 3 rings (SSSR count). The highest BCUT2D eigenvalue weighted by molar-refractivity contribution is 5.83. The average molecular weight is 315 g/mol. The van der Waals surface area contributed by atoms with Crippen LogP contribution in [0.2, 0.25) is 0 Å². The van der Waals surface area contributed by atoms with Gasteiger partial charge in [0.25, 0.3) is 0 Å². The summed E-state index contributed by atoms with van der Waals surface area (Å²) in [7, 11) is 0. The molecule has 0 bridgehead atoms. The molecule has 7 heteroatoms. The van der Waals surface area contributed by atoms with Crippen LogP contribution in [0.4, 0.5) is 5.82 Å². The SMILES string of the molecule is CC(C)c1noc(C2CCN(c3ccccn3)C(C(N)=O)C2)n1. The topological polar surface area (TPSA) is 98.1 Å². The summed E-state index contributed by atoms with van der Waals surface area (Å²) in [6.45, 7) is 4.71. The van der Waals surface area contributed by atoms with E-state index in [2.05, 4.69) is 15.1 Å². The number of anilines is 1. The number of hydrogen-bond acceptors (Lipinski definition) is 6. The van der Waals surface area contributed by atoms with Crippen LogP contribution in [0.15, 0.2) is 28.9 Å². The molecule has 2 N–H and O–H groups in total. The maximum Gasteiger partial charge on any atom is 0.240 e. The van der Waals surface area contributed by atoms with Gasteiger partial charge in [-0.2, -0.15) is 4.98 Å². The average Bonchev–Trinajstić information content (AvgIpc) is 3.05. The minimum atomic E-state index is -0.418. The van der Waals surface area contributed by atoms with Gasteiger partial charge in [-0.15, -0.1) is 0 Å². The number of rotatable bonds is 4. The van der Waals surface area contributed by atoms with Gasteiger partial charge in [0.15, 0.2) is 5.82 Å². The minimum absolute atomic E-state index is 0.0486. The molecule has 2 atom stereocenters.